The fraction of sp³-hybridized carbons (Fsp3) is 0.500. The molecule has 0 saturated carbocycles. The van der Waals surface area contributed by atoms with Crippen LogP contribution in [0.2, 0.25) is 5.02 Å². The highest BCUT2D eigenvalue weighted by molar-refractivity contribution is 6.33. The Morgan fingerprint density at radius 2 is 2.06 bits per heavy atom. The van der Waals surface area contributed by atoms with Crippen LogP contribution in [0.1, 0.15) is 31.4 Å². The van der Waals surface area contributed by atoms with Crippen LogP contribution in [-0.2, 0) is 16.0 Å². The summed E-state index contributed by atoms with van der Waals surface area (Å²) in [5, 5.41) is 7.08. The molecule has 1 atom stereocenters. The van der Waals surface area contributed by atoms with Crippen LogP contribution in [0.4, 0.5) is 10.1 Å². The Kier molecular flexibility index (Phi) is 7.54. The normalized spacial score (nSPS) is 19.9. The predicted molar refractivity (Wildman–Crippen MR) is 121 cm³/mol. The average Bonchev–Trinajstić information content (AvgIpc) is 2.80. The smallest absolute Gasteiger partial charge is 0.143 e. The van der Waals surface area contributed by atoms with Crippen molar-refractivity contribution in [3.05, 3.63) is 47.0 Å². The number of piperidine rings is 1. The highest BCUT2D eigenvalue weighted by Gasteiger charge is 2.22. The van der Waals surface area contributed by atoms with Crippen LogP contribution in [0.15, 0.2) is 30.5 Å². The number of carbonyl (C=O) groups is 1. The SMILES string of the molecule is O=C(Cc1cc(-c2cc(F)cc(NCC3CCOCC3)c2)c(Cl)cn1)[C@@H]1CCCNC1. The van der Waals surface area contributed by atoms with E-state index in [0.717, 1.165) is 64.2 Å². The number of hydrogen-bond donors (Lipinski definition) is 2. The average molecular weight is 446 g/mol. The van der Waals surface area contributed by atoms with Gasteiger partial charge in [-0.1, -0.05) is 11.6 Å². The van der Waals surface area contributed by atoms with E-state index in [0.29, 0.717) is 27.8 Å². The third-order valence-corrected chi connectivity index (χ3v) is 6.47. The lowest BCUT2D eigenvalue weighted by atomic mass is 9.92. The summed E-state index contributed by atoms with van der Waals surface area (Å²) in [5.74, 6) is 0.415. The van der Waals surface area contributed by atoms with E-state index in [2.05, 4.69) is 15.6 Å². The van der Waals surface area contributed by atoms with Crippen molar-refractivity contribution in [1.29, 1.82) is 0 Å². The number of aromatic nitrogens is 1. The molecule has 0 amide bonds. The zero-order valence-corrected chi connectivity index (χ0v) is 18.4. The lowest BCUT2D eigenvalue weighted by Gasteiger charge is -2.23. The van der Waals surface area contributed by atoms with E-state index >= 15 is 0 Å². The first-order valence-corrected chi connectivity index (χ1v) is 11.5. The summed E-state index contributed by atoms with van der Waals surface area (Å²) in [5.41, 5.74) is 2.75. The minimum absolute atomic E-state index is 0.0323. The third kappa shape index (κ3) is 6.03. The Labute approximate surface area is 187 Å². The van der Waals surface area contributed by atoms with Gasteiger partial charge in [-0.3, -0.25) is 9.78 Å². The van der Waals surface area contributed by atoms with Gasteiger partial charge in [0.2, 0.25) is 0 Å². The number of rotatable bonds is 7. The monoisotopic (exact) mass is 445 g/mol. The number of benzene rings is 1. The molecular weight excluding hydrogens is 417 g/mol. The van der Waals surface area contributed by atoms with Gasteiger partial charge in [0.15, 0.2) is 0 Å². The van der Waals surface area contributed by atoms with Gasteiger partial charge in [0.05, 0.1) is 5.02 Å². The van der Waals surface area contributed by atoms with Crippen LogP contribution in [0, 0.1) is 17.7 Å². The zero-order chi connectivity index (χ0) is 21.6. The number of halogens is 2. The van der Waals surface area contributed by atoms with Crippen LogP contribution >= 0.6 is 11.6 Å². The number of Topliss-reactive ketones (excluding diaryl/α,β-unsaturated/α-hetero) is 1. The van der Waals surface area contributed by atoms with Crippen LogP contribution in [0.25, 0.3) is 11.1 Å². The number of anilines is 1. The van der Waals surface area contributed by atoms with E-state index in [9.17, 15) is 9.18 Å². The van der Waals surface area contributed by atoms with Gasteiger partial charge >= 0.3 is 0 Å². The van der Waals surface area contributed by atoms with Crippen molar-refractivity contribution in [2.24, 2.45) is 11.8 Å². The van der Waals surface area contributed by atoms with Crippen molar-refractivity contribution in [2.45, 2.75) is 32.1 Å². The minimum atomic E-state index is -0.328. The molecule has 2 fully saturated rings. The van der Waals surface area contributed by atoms with Gasteiger partial charge in [0.1, 0.15) is 11.6 Å². The second-order valence-electron chi connectivity index (χ2n) is 8.51. The maximum absolute atomic E-state index is 14.4. The summed E-state index contributed by atoms with van der Waals surface area (Å²) in [7, 11) is 0. The lowest BCUT2D eigenvalue weighted by Crippen LogP contribution is -2.35. The fourth-order valence-electron chi connectivity index (χ4n) is 4.31. The number of carbonyl (C=O) groups excluding carboxylic acids is 1. The largest absolute Gasteiger partial charge is 0.385 e. The molecule has 1 aromatic heterocycles. The highest BCUT2D eigenvalue weighted by atomic mass is 35.5. The molecule has 3 heterocycles. The highest BCUT2D eigenvalue weighted by Crippen LogP contribution is 2.31. The molecule has 0 radical (unpaired) electrons. The number of nitrogens with one attached hydrogen (secondary N) is 2. The minimum Gasteiger partial charge on any atom is -0.385 e. The lowest BCUT2D eigenvalue weighted by molar-refractivity contribution is -0.122. The third-order valence-electron chi connectivity index (χ3n) is 6.16. The van der Waals surface area contributed by atoms with Crippen molar-refractivity contribution in [1.82, 2.24) is 10.3 Å². The Hall–Kier alpha value is -2.02. The summed E-state index contributed by atoms with van der Waals surface area (Å²) < 4.78 is 19.8. The molecule has 0 aliphatic carbocycles. The fourth-order valence-corrected chi connectivity index (χ4v) is 4.52. The van der Waals surface area contributed by atoms with Crippen molar-refractivity contribution >= 4 is 23.1 Å². The van der Waals surface area contributed by atoms with Crippen LogP contribution in [0.3, 0.4) is 0 Å². The van der Waals surface area contributed by atoms with Gasteiger partial charge in [0.25, 0.3) is 0 Å². The van der Waals surface area contributed by atoms with E-state index in [1.54, 1.807) is 6.20 Å². The Morgan fingerprint density at radius 1 is 1.23 bits per heavy atom. The van der Waals surface area contributed by atoms with Gasteiger partial charge in [-0.05, 0) is 68.0 Å². The number of nitrogens with zero attached hydrogens (tertiary/aromatic N) is 1. The Morgan fingerprint density at radius 3 is 2.84 bits per heavy atom. The first-order valence-electron chi connectivity index (χ1n) is 11.1. The van der Waals surface area contributed by atoms with Crippen molar-refractivity contribution < 1.29 is 13.9 Å². The topological polar surface area (TPSA) is 63.2 Å². The van der Waals surface area contributed by atoms with E-state index in [1.807, 2.05) is 12.1 Å². The molecule has 2 aliphatic rings. The second-order valence-corrected chi connectivity index (χ2v) is 8.91. The predicted octanol–water partition coefficient (Wildman–Crippen LogP) is 4.49. The molecular formula is C24H29ClFN3O2. The van der Waals surface area contributed by atoms with Crippen molar-refractivity contribution in [2.75, 3.05) is 38.2 Å². The number of pyridine rings is 1. The van der Waals surface area contributed by atoms with Crippen LogP contribution in [0.5, 0.6) is 0 Å². The molecule has 7 heteroatoms. The molecule has 31 heavy (non-hydrogen) atoms. The zero-order valence-electron chi connectivity index (χ0n) is 17.6. The number of ketones is 1. The van der Waals surface area contributed by atoms with E-state index < -0.39 is 0 Å². The molecule has 0 spiro atoms. The van der Waals surface area contributed by atoms with Gasteiger partial charge in [-0.2, -0.15) is 0 Å². The second kappa shape index (κ2) is 10.5. The molecule has 5 nitrogen and oxygen atoms in total. The summed E-state index contributed by atoms with van der Waals surface area (Å²) in [6.07, 6.45) is 5.78. The quantitative estimate of drug-likeness (QED) is 0.657. The van der Waals surface area contributed by atoms with Gasteiger partial charge in [-0.15, -0.1) is 0 Å². The van der Waals surface area contributed by atoms with Gasteiger partial charge in [-0.25, -0.2) is 4.39 Å². The summed E-state index contributed by atoms with van der Waals surface area (Å²) in [4.78, 5) is 17.0. The maximum Gasteiger partial charge on any atom is 0.143 e. The molecule has 2 saturated heterocycles. The Balaban J connectivity index is 1.49. The molecule has 2 N–H and O–H groups in total. The maximum atomic E-state index is 14.4. The summed E-state index contributed by atoms with van der Waals surface area (Å²) in [6, 6.07) is 6.68. The molecule has 2 aliphatic heterocycles. The molecule has 166 valence electrons. The molecule has 4 rings (SSSR count). The van der Waals surface area contributed by atoms with E-state index in [-0.39, 0.29) is 23.9 Å². The summed E-state index contributed by atoms with van der Waals surface area (Å²) in [6.45, 7) is 4.05. The van der Waals surface area contributed by atoms with Crippen LogP contribution in [-0.4, -0.2) is 43.6 Å². The Bertz CT molecular complexity index is 912. The van der Waals surface area contributed by atoms with E-state index in [1.165, 1.54) is 12.1 Å². The molecule has 0 unspecified atom stereocenters. The number of hydrogen-bond acceptors (Lipinski definition) is 5. The van der Waals surface area contributed by atoms with E-state index in [4.69, 9.17) is 16.3 Å². The van der Waals surface area contributed by atoms with Gasteiger partial charge in [0, 0.05) is 61.8 Å². The number of ether oxygens (including phenoxy) is 1. The van der Waals surface area contributed by atoms with Gasteiger partial charge < -0.3 is 15.4 Å². The molecule has 0 bridgehead atoms. The van der Waals surface area contributed by atoms with Crippen molar-refractivity contribution in [3.63, 3.8) is 0 Å². The molecule has 1 aromatic carbocycles. The molecule has 2 aromatic rings. The first kappa shape index (κ1) is 22.2. The first-order chi connectivity index (χ1) is 15.1. The standard InChI is InChI=1S/C24H29ClFN3O2/c25-23-15-29-21(12-24(30)17-2-1-5-27-14-17)11-22(23)18-8-19(26)10-20(9-18)28-13-16-3-6-31-7-4-16/h8-11,15-17,27-28H,1-7,12-14H2/t17-/m1/s1. The van der Waals surface area contributed by atoms with Crippen molar-refractivity contribution in [3.8, 4) is 11.1 Å². The van der Waals surface area contributed by atoms with Crippen LogP contribution < -0.4 is 10.6 Å². The summed E-state index contributed by atoms with van der Waals surface area (Å²) >= 11 is 6.41.